The van der Waals surface area contributed by atoms with Crippen LogP contribution in [0.4, 0.5) is 5.69 Å². The van der Waals surface area contributed by atoms with Crippen LogP contribution in [-0.2, 0) is 11.4 Å². The average molecular weight is 323 g/mol. The Bertz CT molecular complexity index is 859. The third-order valence-electron chi connectivity index (χ3n) is 3.14. The predicted octanol–water partition coefficient (Wildman–Crippen LogP) is 3.80. The average Bonchev–Trinajstić information content (AvgIpc) is 3.09. The Morgan fingerprint density at radius 2 is 2.04 bits per heavy atom. The molecule has 0 spiro atoms. The molecule has 0 fully saturated rings. The van der Waals surface area contributed by atoms with Gasteiger partial charge in [0, 0.05) is 23.3 Å². The maximum absolute atomic E-state index is 10.7. The Morgan fingerprint density at radius 3 is 2.83 bits per heavy atom. The molecule has 0 atom stereocenters. The smallest absolute Gasteiger partial charge is 0.270 e. The van der Waals surface area contributed by atoms with E-state index in [4.69, 9.17) is 9.25 Å². The second kappa shape index (κ2) is 7.19. The highest BCUT2D eigenvalue weighted by molar-refractivity contribution is 5.80. The van der Waals surface area contributed by atoms with Crippen LogP contribution in [0.25, 0.3) is 11.5 Å². The lowest BCUT2D eigenvalue weighted by molar-refractivity contribution is -0.384. The summed E-state index contributed by atoms with van der Waals surface area (Å²) in [5, 5.41) is 14.5. The molecule has 0 saturated heterocycles. The van der Waals surface area contributed by atoms with Crippen LogP contribution in [0.3, 0.4) is 0 Å². The number of oxazole rings is 1. The fraction of sp³-hybridized carbons (Fsp3) is 0.0588. The van der Waals surface area contributed by atoms with E-state index >= 15 is 0 Å². The van der Waals surface area contributed by atoms with E-state index in [1.54, 1.807) is 12.1 Å². The molecule has 3 rings (SSSR count). The fourth-order valence-electron chi connectivity index (χ4n) is 2.01. The molecule has 1 heterocycles. The molecule has 0 bridgehead atoms. The van der Waals surface area contributed by atoms with Crippen molar-refractivity contribution in [2.24, 2.45) is 5.16 Å². The summed E-state index contributed by atoms with van der Waals surface area (Å²) in [5.74, 6) is 0.511. The predicted molar refractivity (Wildman–Crippen MR) is 87.4 cm³/mol. The molecule has 2 aromatic carbocycles. The Balaban J connectivity index is 1.58. The zero-order chi connectivity index (χ0) is 16.8. The van der Waals surface area contributed by atoms with E-state index in [0.717, 1.165) is 5.56 Å². The van der Waals surface area contributed by atoms with E-state index in [1.165, 1.54) is 24.6 Å². The summed E-state index contributed by atoms with van der Waals surface area (Å²) in [7, 11) is 0. The van der Waals surface area contributed by atoms with Crippen LogP contribution >= 0.6 is 0 Å². The van der Waals surface area contributed by atoms with Crippen LogP contribution in [0.15, 0.2) is 70.4 Å². The summed E-state index contributed by atoms with van der Waals surface area (Å²) in [4.78, 5) is 19.7. The molecule has 0 aliphatic rings. The number of oxime groups is 1. The van der Waals surface area contributed by atoms with Gasteiger partial charge in [0.1, 0.15) is 12.0 Å². The molecule has 0 saturated carbocycles. The summed E-state index contributed by atoms with van der Waals surface area (Å²) < 4.78 is 5.39. The molecule has 0 radical (unpaired) electrons. The van der Waals surface area contributed by atoms with Crippen molar-refractivity contribution in [3.63, 3.8) is 0 Å². The van der Waals surface area contributed by atoms with Gasteiger partial charge in [0.05, 0.1) is 11.1 Å². The molecule has 0 aliphatic heterocycles. The second-order valence-electron chi connectivity index (χ2n) is 4.87. The van der Waals surface area contributed by atoms with Crippen LogP contribution in [-0.4, -0.2) is 16.1 Å². The van der Waals surface area contributed by atoms with Crippen molar-refractivity contribution >= 4 is 11.9 Å². The minimum absolute atomic E-state index is 0.00274. The SMILES string of the molecule is O=[N+]([O-])c1cccc(C=NOCc2coc(-c3ccccc3)n2)c1. The molecule has 3 aromatic rings. The maximum Gasteiger partial charge on any atom is 0.270 e. The molecule has 1 aromatic heterocycles. The molecule has 0 unspecified atom stereocenters. The van der Waals surface area contributed by atoms with Crippen LogP contribution in [0.5, 0.6) is 0 Å². The van der Waals surface area contributed by atoms with E-state index in [0.29, 0.717) is 17.1 Å². The molecule has 7 nitrogen and oxygen atoms in total. The van der Waals surface area contributed by atoms with E-state index in [-0.39, 0.29) is 12.3 Å². The highest BCUT2D eigenvalue weighted by Crippen LogP contribution is 2.18. The highest BCUT2D eigenvalue weighted by atomic mass is 16.6. The summed E-state index contributed by atoms with van der Waals surface area (Å²) in [5.41, 5.74) is 2.06. The normalized spacial score (nSPS) is 10.8. The number of nitrogens with zero attached hydrogens (tertiary/aromatic N) is 3. The Morgan fingerprint density at radius 1 is 1.21 bits per heavy atom. The minimum atomic E-state index is -0.460. The molecule has 24 heavy (non-hydrogen) atoms. The van der Waals surface area contributed by atoms with Gasteiger partial charge >= 0.3 is 0 Å². The van der Waals surface area contributed by atoms with Gasteiger partial charge in [-0.25, -0.2) is 4.98 Å². The van der Waals surface area contributed by atoms with Gasteiger partial charge in [-0.2, -0.15) is 0 Å². The lowest BCUT2D eigenvalue weighted by atomic mass is 10.2. The standard InChI is InChI=1S/C17H13N3O4/c21-20(22)16-8-4-5-13(9-16)10-18-24-12-15-11-23-17(19-15)14-6-2-1-3-7-14/h1-11H,12H2. The molecule has 120 valence electrons. The Labute approximate surface area is 137 Å². The lowest BCUT2D eigenvalue weighted by Gasteiger charge is -1.96. The summed E-state index contributed by atoms with van der Waals surface area (Å²) >= 11 is 0. The zero-order valence-corrected chi connectivity index (χ0v) is 12.5. The first-order chi connectivity index (χ1) is 11.7. The first kappa shape index (κ1) is 15.4. The van der Waals surface area contributed by atoms with Crippen LogP contribution in [0, 0.1) is 10.1 Å². The summed E-state index contributed by atoms with van der Waals surface area (Å²) in [6.45, 7) is 0.141. The van der Waals surface area contributed by atoms with Gasteiger partial charge in [-0.1, -0.05) is 35.5 Å². The van der Waals surface area contributed by atoms with Gasteiger partial charge in [0.15, 0.2) is 6.61 Å². The third kappa shape index (κ3) is 3.83. The number of nitro benzene ring substituents is 1. The number of benzene rings is 2. The summed E-state index contributed by atoms with van der Waals surface area (Å²) in [6.07, 6.45) is 2.91. The Kier molecular flexibility index (Phi) is 4.62. The molecular weight excluding hydrogens is 310 g/mol. The molecular formula is C17H13N3O4. The first-order valence-electron chi connectivity index (χ1n) is 7.12. The zero-order valence-electron chi connectivity index (χ0n) is 12.5. The molecule has 7 heteroatoms. The van der Waals surface area contributed by atoms with Crippen LogP contribution < -0.4 is 0 Å². The van der Waals surface area contributed by atoms with Crippen LogP contribution in [0.1, 0.15) is 11.3 Å². The second-order valence-corrected chi connectivity index (χ2v) is 4.87. The van der Waals surface area contributed by atoms with Crippen molar-refractivity contribution in [1.29, 1.82) is 0 Å². The topological polar surface area (TPSA) is 90.8 Å². The van der Waals surface area contributed by atoms with E-state index in [2.05, 4.69) is 10.1 Å². The van der Waals surface area contributed by atoms with Gasteiger partial charge in [0.2, 0.25) is 5.89 Å². The summed E-state index contributed by atoms with van der Waals surface area (Å²) in [6, 6.07) is 15.6. The van der Waals surface area contributed by atoms with Gasteiger partial charge in [-0.05, 0) is 12.1 Å². The highest BCUT2D eigenvalue weighted by Gasteiger charge is 2.06. The van der Waals surface area contributed by atoms with E-state index < -0.39 is 4.92 Å². The molecule has 0 N–H and O–H groups in total. The van der Waals surface area contributed by atoms with Crippen molar-refractivity contribution < 1.29 is 14.2 Å². The van der Waals surface area contributed by atoms with Crippen LogP contribution in [0.2, 0.25) is 0 Å². The van der Waals surface area contributed by atoms with Crippen molar-refractivity contribution in [3.8, 4) is 11.5 Å². The van der Waals surface area contributed by atoms with Crippen molar-refractivity contribution in [1.82, 2.24) is 4.98 Å². The van der Waals surface area contributed by atoms with Gasteiger partial charge < -0.3 is 9.25 Å². The number of aromatic nitrogens is 1. The quantitative estimate of drug-likeness (QED) is 0.391. The lowest BCUT2D eigenvalue weighted by Crippen LogP contribution is -1.91. The van der Waals surface area contributed by atoms with Gasteiger partial charge in [0.25, 0.3) is 5.69 Å². The molecule has 0 aliphatic carbocycles. The maximum atomic E-state index is 10.7. The van der Waals surface area contributed by atoms with E-state index in [1.807, 2.05) is 30.3 Å². The number of hydrogen-bond acceptors (Lipinski definition) is 6. The van der Waals surface area contributed by atoms with Crippen molar-refractivity contribution in [2.75, 3.05) is 0 Å². The number of hydrogen-bond donors (Lipinski definition) is 0. The first-order valence-corrected chi connectivity index (χ1v) is 7.12. The van der Waals surface area contributed by atoms with Crippen molar-refractivity contribution in [2.45, 2.75) is 6.61 Å². The van der Waals surface area contributed by atoms with Crippen molar-refractivity contribution in [3.05, 3.63) is 82.2 Å². The number of rotatable bonds is 6. The van der Waals surface area contributed by atoms with Gasteiger partial charge in [-0.3, -0.25) is 10.1 Å². The molecule has 0 amide bonds. The third-order valence-corrected chi connectivity index (χ3v) is 3.14. The number of nitro groups is 1. The largest absolute Gasteiger partial charge is 0.444 e. The van der Waals surface area contributed by atoms with Gasteiger partial charge in [-0.15, -0.1) is 0 Å². The van der Waals surface area contributed by atoms with E-state index in [9.17, 15) is 10.1 Å². The minimum Gasteiger partial charge on any atom is -0.444 e. The monoisotopic (exact) mass is 323 g/mol. The Hall–Kier alpha value is -3.48. The fourth-order valence-corrected chi connectivity index (χ4v) is 2.01. The number of non-ortho nitro benzene ring substituents is 1.